The molecule has 0 unspecified atom stereocenters. The number of primary amides is 1. The molecule has 0 aromatic heterocycles. The van der Waals surface area contributed by atoms with Gasteiger partial charge in [-0.1, -0.05) is 6.07 Å². The van der Waals surface area contributed by atoms with Gasteiger partial charge in [0, 0.05) is 6.08 Å². The smallest absolute Gasteiger partial charge is 0.331 e. The van der Waals surface area contributed by atoms with Crippen molar-refractivity contribution >= 4 is 18.0 Å². The van der Waals surface area contributed by atoms with E-state index < -0.39 is 18.0 Å². The van der Waals surface area contributed by atoms with E-state index in [0.717, 1.165) is 5.56 Å². The van der Waals surface area contributed by atoms with Crippen molar-refractivity contribution in [1.29, 1.82) is 0 Å². The monoisotopic (exact) mass is 307 g/mol. The van der Waals surface area contributed by atoms with Crippen LogP contribution in [0.15, 0.2) is 24.3 Å². The Morgan fingerprint density at radius 1 is 1.18 bits per heavy atom. The van der Waals surface area contributed by atoms with Gasteiger partial charge in [-0.15, -0.1) is 0 Å². The zero-order valence-electron chi connectivity index (χ0n) is 13.0. The van der Waals surface area contributed by atoms with Gasteiger partial charge in [-0.25, -0.2) is 4.79 Å². The zero-order valence-corrected chi connectivity index (χ0v) is 13.0. The molecule has 0 heterocycles. The van der Waals surface area contributed by atoms with E-state index in [1.54, 1.807) is 24.3 Å². The highest BCUT2D eigenvalue weighted by atomic mass is 16.5. The Kier molecular flexibility index (Phi) is 6.95. The van der Waals surface area contributed by atoms with E-state index >= 15 is 0 Å². The summed E-state index contributed by atoms with van der Waals surface area (Å²) in [6.45, 7) is 6.22. The lowest BCUT2D eigenvalue weighted by atomic mass is 10.2. The molecular weight excluding hydrogens is 286 g/mol. The van der Waals surface area contributed by atoms with E-state index in [9.17, 15) is 9.59 Å². The number of esters is 1. The molecule has 6 heteroatoms. The van der Waals surface area contributed by atoms with E-state index in [1.807, 2.05) is 13.8 Å². The van der Waals surface area contributed by atoms with Gasteiger partial charge < -0.3 is 19.9 Å². The average Bonchev–Trinajstić information content (AvgIpc) is 2.47. The third kappa shape index (κ3) is 5.47. The van der Waals surface area contributed by atoms with Crippen LogP contribution in [0.5, 0.6) is 11.5 Å². The lowest BCUT2D eigenvalue weighted by Gasteiger charge is -2.11. The van der Waals surface area contributed by atoms with Crippen molar-refractivity contribution in [3.8, 4) is 11.5 Å². The molecule has 1 aromatic carbocycles. The van der Waals surface area contributed by atoms with Gasteiger partial charge in [-0.3, -0.25) is 4.79 Å². The minimum atomic E-state index is -0.962. The fraction of sp³-hybridized carbons (Fsp3) is 0.375. The lowest BCUT2D eigenvalue weighted by Crippen LogP contribution is -2.29. The molecular formula is C16H21NO5. The van der Waals surface area contributed by atoms with Crippen molar-refractivity contribution in [2.45, 2.75) is 26.9 Å². The Labute approximate surface area is 129 Å². The third-order valence-corrected chi connectivity index (χ3v) is 2.67. The highest BCUT2D eigenvalue weighted by Crippen LogP contribution is 2.28. The molecule has 0 aliphatic carbocycles. The maximum atomic E-state index is 11.5. The first-order valence-electron chi connectivity index (χ1n) is 7.05. The number of carbonyl (C=O) groups is 2. The second-order valence-corrected chi connectivity index (χ2v) is 4.39. The molecule has 0 saturated carbocycles. The van der Waals surface area contributed by atoms with Crippen LogP contribution in [0.3, 0.4) is 0 Å². The molecule has 6 nitrogen and oxygen atoms in total. The van der Waals surface area contributed by atoms with Crippen molar-refractivity contribution in [2.75, 3.05) is 13.2 Å². The zero-order chi connectivity index (χ0) is 16.5. The first-order chi connectivity index (χ1) is 10.5. The van der Waals surface area contributed by atoms with E-state index in [4.69, 9.17) is 19.9 Å². The number of ether oxygens (including phenoxy) is 3. The fourth-order valence-corrected chi connectivity index (χ4v) is 1.61. The van der Waals surface area contributed by atoms with Gasteiger partial charge in [0.05, 0.1) is 13.2 Å². The molecule has 1 rings (SSSR count). The largest absolute Gasteiger partial charge is 0.490 e. The van der Waals surface area contributed by atoms with Crippen LogP contribution in [0.4, 0.5) is 0 Å². The van der Waals surface area contributed by atoms with E-state index in [1.165, 1.54) is 13.0 Å². The van der Waals surface area contributed by atoms with Gasteiger partial charge in [-0.05, 0) is 44.5 Å². The maximum absolute atomic E-state index is 11.5. The first-order valence-corrected chi connectivity index (χ1v) is 7.05. The number of hydrogen-bond acceptors (Lipinski definition) is 5. The standard InChI is InChI=1S/C16H21NO5/c1-4-20-13-8-6-12(10-14(13)21-5-2)7-9-15(18)22-11(3)16(17)19/h6-11H,4-5H2,1-3H3,(H2,17,19)/b9-7+/t11-/m0/s1. The summed E-state index contributed by atoms with van der Waals surface area (Å²) >= 11 is 0. The van der Waals surface area contributed by atoms with Crippen LogP contribution in [-0.2, 0) is 14.3 Å². The van der Waals surface area contributed by atoms with E-state index in [-0.39, 0.29) is 0 Å². The Balaban J connectivity index is 2.80. The first kappa shape index (κ1) is 17.6. The normalized spacial score (nSPS) is 12.0. The molecule has 0 bridgehead atoms. The molecule has 0 radical (unpaired) electrons. The van der Waals surface area contributed by atoms with Crippen LogP contribution in [0, 0.1) is 0 Å². The van der Waals surface area contributed by atoms with Gasteiger partial charge in [-0.2, -0.15) is 0 Å². The van der Waals surface area contributed by atoms with Crippen molar-refractivity contribution in [3.05, 3.63) is 29.8 Å². The summed E-state index contributed by atoms with van der Waals surface area (Å²) in [7, 11) is 0. The quantitative estimate of drug-likeness (QED) is 0.585. The molecule has 0 fully saturated rings. The summed E-state index contributed by atoms with van der Waals surface area (Å²) in [6, 6.07) is 5.32. The summed E-state index contributed by atoms with van der Waals surface area (Å²) in [4.78, 5) is 22.4. The minimum Gasteiger partial charge on any atom is -0.490 e. The number of hydrogen-bond donors (Lipinski definition) is 1. The van der Waals surface area contributed by atoms with Crippen molar-refractivity contribution in [3.63, 3.8) is 0 Å². The van der Waals surface area contributed by atoms with Crippen LogP contribution in [0.2, 0.25) is 0 Å². The van der Waals surface area contributed by atoms with Crippen molar-refractivity contribution < 1.29 is 23.8 Å². The predicted octanol–water partition coefficient (Wildman–Crippen LogP) is 1.91. The summed E-state index contributed by atoms with van der Waals surface area (Å²) in [5.74, 6) is -0.0867. The van der Waals surface area contributed by atoms with Crippen molar-refractivity contribution in [1.82, 2.24) is 0 Å². The van der Waals surface area contributed by atoms with Crippen LogP contribution >= 0.6 is 0 Å². The van der Waals surface area contributed by atoms with Gasteiger partial charge in [0.2, 0.25) is 0 Å². The van der Waals surface area contributed by atoms with Gasteiger partial charge in [0.15, 0.2) is 17.6 Å². The van der Waals surface area contributed by atoms with E-state index in [0.29, 0.717) is 24.7 Å². The Bertz CT molecular complexity index is 553. The Morgan fingerprint density at radius 3 is 2.41 bits per heavy atom. The number of benzene rings is 1. The molecule has 120 valence electrons. The molecule has 0 aliphatic heterocycles. The van der Waals surface area contributed by atoms with Gasteiger partial charge in [0.25, 0.3) is 5.91 Å². The molecule has 1 aromatic rings. The summed E-state index contributed by atoms with van der Waals surface area (Å²) in [6.07, 6.45) is 1.83. The second-order valence-electron chi connectivity index (χ2n) is 4.39. The fourth-order valence-electron chi connectivity index (χ4n) is 1.61. The number of amides is 1. The molecule has 2 N–H and O–H groups in total. The predicted molar refractivity (Wildman–Crippen MR) is 82.6 cm³/mol. The molecule has 0 saturated heterocycles. The minimum absolute atomic E-state index is 0.505. The van der Waals surface area contributed by atoms with Gasteiger partial charge in [0.1, 0.15) is 0 Å². The van der Waals surface area contributed by atoms with Crippen LogP contribution in [0.25, 0.3) is 6.08 Å². The summed E-state index contributed by atoms with van der Waals surface area (Å²) < 4.78 is 15.8. The lowest BCUT2D eigenvalue weighted by molar-refractivity contribution is -0.148. The van der Waals surface area contributed by atoms with Crippen molar-refractivity contribution in [2.24, 2.45) is 5.73 Å². The summed E-state index contributed by atoms with van der Waals surface area (Å²) in [5.41, 5.74) is 5.77. The highest BCUT2D eigenvalue weighted by molar-refractivity contribution is 5.90. The number of rotatable bonds is 8. The molecule has 0 spiro atoms. The molecule has 1 atom stereocenters. The van der Waals surface area contributed by atoms with Gasteiger partial charge >= 0.3 is 5.97 Å². The molecule has 22 heavy (non-hydrogen) atoms. The van der Waals surface area contributed by atoms with E-state index in [2.05, 4.69) is 0 Å². The average molecular weight is 307 g/mol. The third-order valence-electron chi connectivity index (χ3n) is 2.67. The number of nitrogens with two attached hydrogens (primary N) is 1. The highest BCUT2D eigenvalue weighted by Gasteiger charge is 2.12. The van der Waals surface area contributed by atoms with Crippen LogP contribution in [0.1, 0.15) is 26.3 Å². The topological polar surface area (TPSA) is 87.9 Å². The second kappa shape index (κ2) is 8.71. The Hall–Kier alpha value is -2.50. The number of carbonyl (C=O) groups excluding carboxylic acids is 2. The molecule has 0 aliphatic rings. The maximum Gasteiger partial charge on any atom is 0.331 e. The van der Waals surface area contributed by atoms with Crippen LogP contribution in [-0.4, -0.2) is 31.2 Å². The summed E-state index contributed by atoms with van der Waals surface area (Å²) in [5, 5.41) is 0. The van der Waals surface area contributed by atoms with Crippen LogP contribution < -0.4 is 15.2 Å². The SMILES string of the molecule is CCOc1ccc(/C=C/C(=O)O[C@@H](C)C(N)=O)cc1OCC. The Morgan fingerprint density at radius 2 is 1.82 bits per heavy atom. The molecule has 1 amide bonds.